The number of aryl methyl sites for hydroxylation is 1. The fraction of sp³-hybridized carbons (Fsp3) is 0.455. The van der Waals surface area contributed by atoms with Crippen LogP contribution in [0.4, 0.5) is 5.95 Å². The number of nitrogens with two attached hydrogens (primary N) is 1. The van der Waals surface area contributed by atoms with E-state index in [2.05, 4.69) is 22.3 Å². The smallest absolute Gasteiger partial charge is 0.241 e. The predicted molar refractivity (Wildman–Crippen MR) is 71.8 cm³/mol. The zero-order valence-electron chi connectivity index (χ0n) is 10.1. The third-order valence-corrected chi connectivity index (χ3v) is 3.60. The molecule has 0 aromatic carbocycles. The van der Waals surface area contributed by atoms with Crippen molar-refractivity contribution in [1.29, 1.82) is 0 Å². The average molecular weight is 268 g/mol. The molecule has 0 saturated heterocycles. The molecule has 0 unspecified atom stereocenters. The van der Waals surface area contributed by atoms with Crippen molar-refractivity contribution in [3.05, 3.63) is 10.9 Å². The molecule has 6 nitrogen and oxygen atoms in total. The molecule has 4 N–H and O–H groups in total. The van der Waals surface area contributed by atoms with Gasteiger partial charge in [0, 0.05) is 17.9 Å². The van der Waals surface area contributed by atoms with Gasteiger partial charge in [-0.25, -0.2) is 10.8 Å². The van der Waals surface area contributed by atoms with E-state index in [1.807, 2.05) is 6.07 Å². The number of thiophene rings is 1. The minimum atomic E-state index is 0.0973. The van der Waals surface area contributed by atoms with Crippen LogP contribution in [0.3, 0.4) is 0 Å². The van der Waals surface area contributed by atoms with E-state index in [1.54, 1.807) is 11.3 Å². The van der Waals surface area contributed by atoms with Gasteiger partial charge >= 0.3 is 0 Å². The van der Waals surface area contributed by atoms with Gasteiger partial charge in [-0.1, -0.05) is 6.92 Å². The number of fused-ring (bicyclic) bond motifs is 1. The van der Waals surface area contributed by atoms with Gasteiger partial charge in [-0.05, 0) is 12.5 Å². The van der Waals surface area contributed by atoms with Crippen LogP contribution in [0.1, 0.15) is 18.2 Å². The van der Waals surface area contributed by atoms with E-state index in [0.29, 0.717) is 24.9 Å². The highest BCUT2D eigenvalue weighted by Crippen LogP contribution is 2.31. The number of nitrogens with zero attached hydrogens (tertiary/aromatic N) is 2. The summed E-state index contributed by atoms with van der Waals surface area (Å²) in [5.41, 5.74) is 2.43. The van der Waals surface area contributed by atoms with Gasteiger partial charge in [-0.15, -0.1) is 11.3 Å². The summed E-state index contributed by atoms with van der Waals surface area (Å²) in [6.07, 6.45) is 1.52. The molecule has 0 saturated carbocycles. The Labute approximate surface area is 109 Å². The Hall–Kier alpha value is -1.44. The first-order valence-corrected chi connectivity index (χ1v) is 6.60. The maximum Gasteiger partial charge on any atom is 0.241 e. The minimum Gasteiger partial charge on any atom is -0.477 e. The average Bonchev–Trinajstić information content (AvgIpc) is 2.81. The van der Waals surface area contributed by atoms with Gasteiger partial charge in [0.1, 0.15) is 4.83 Å². The number of ether oxygens (including phenoxy) is 1. The fourth-order valence-corrected chi connectivity index (χ4v) is 2.49. The standard InChI is InChI=1S/C11H16N4O2S/c1-2-7-6-8-9(17-5-3-4-16)13-11(15-12)14-10(8)18-7/h6,16H,2-5,12H2,1H3,(H,13,14,15). The van der Waals surface area contributed by atoms with Gasteiger partial charge in [-0.2, -0.15) is 4.98 Å². The highest BCUT2D eigenvalue weighted by atomic mass is 32.1. The summed E-state index contributed by atoms with van der Waals surface area (Å²) >= 11 is 1.60. The summed E-state index contributed by atoms with van der Waals surface area (Å²) in [5.74, 6) is 6.19. The quantitative estimate of drug-likeness (QED) is 0.415. The van der Waals surface area contributed by atoms with Crippen molar-refractivity contribution in [3.63, 3.8) is 0 Å². The molecule has 0 amide bonds. The Kier molecular flexibility index (Phi) is 4.29. The molecule has 2 rings (SSSR count). The highest BCUT2D eigenvalue weighted by molar-refractivity contribution is 7.18. The van der Waals surface area contributed by atoms with Crippen LogP contribution in [-0.2, 0) is 6.42 Å². The van der Waals surface area contributed by atoms with Crippen LogP contribution in [0, 0.1) is 0 Å². The second-order valence-electron chi connectivity index (χ2n) is 3.71. The fourth-order valence-electron chi connectivity index (χ4n) is 1.53. The molecular formula is C11H16N4O2S. The van der Waals surface area contributed by atoms with E-state index < -0.39 is 0 Å². The molecule has 0 aliphatic rings. The van der Waals surface area contributed by atoms with Crippen LogP contribution in [0.5, 0.6) is 5.88 Å². The second kappa shape index (κ2) is 5.94. The summed E-state index contributed by atoms with van der Waals surface area (Å²) < 4.78 is 5.56. The summed E-state index contributed by atoms with van der Waals surface area (Å²) in [6.45, 7) is 2.61. The van der Waals surface area contributed by atoms with E-state index >= 15 is 0 Å². The van der Waals surface area contributed by atoms with Crippen LogP contribution < -0.4 is 16.0 Å². The molecule has 18 heavy (non-hydrogen) atoms. The molecule has 7 heteroatoms. The number of hydrogen-bond donors (Lipinski definition) is 3. The van der Waals surface area contributed by atoms with Crippen LogP contribution in [0.15, 0.2) is 6.07 Å². The molecule has 0 bridgehead atoms. The van der Waals surface area contributed by atoms with Gasteiger partial charge in [-0.3, -0.25) is 5.43 Å². The Balaban J connectivity index is 2.37. The first-order valence-electron chi connectivity index (χ1n) is 5.79. The van der Waals surface area contributed by atoms with Crippen molar-refractivity contribution in [2.45, 2.75) is 19.8 Å². The molecule has 0 fully saturated rings. The normalized spacial score (nSPS) is 10.8. The number of anilines is 1. The van der Waals surface area contributed by atoms with Crippen molar-refractivity contribution in [3.8, 4) is 5.88 Å². The van der Waals surface area contributed by atoms with Crippen molar-refractivity contribution < 1.29 is 9.84 Å². The number of hydrazine groups is 1. The van der Waals surface area contributed by atoms with Gasteiger partial charge < -0.3 is 9.84 Å². The number of aliphatic hydroxyl groups is 1. The SMILES string of the molecule is CCc1cc2c(OCCCO)nc(NN)nc2s1. The van der Waals surface area contributed by atoms with Gasteiger partial charge in [0.25, 0.3) is 0 Å². The van der Waals surface area contributed by atoms with Crippen LogP contribution in [-0.4, -0.2) is 28.3 Å². The lowest BCUT2D eigenvalue weighted by Gasteiger charge is -2.06. The maximum absolute atomic E-state index is 8.76. The highest BCUT2D eigenvalue weighted by Gasteiger charge is 2.12. The third kappa shape index (κ3) is 2.69. The molecule has 2 aromatic heterocycles. The molecule has 0 spiro atoms. The van der Waals surface area contributed by atoms with Gasteiger partial charge in [0.15, 0.2) is 0 Å². The Morgan fingerprint density at radius 2 is 2.33 bits per heavy atom. The van der Waals surface area contributed by atoms with E-state index in [0.717, 1.165) is 16.6 Å². The number of aliphatic hydroxyl groups excluding tert-OH is 1. The maximum atomic E-state index is 8.76. The van der Waals surface area contributed by atoms with Crippen molar-refractivity contribution >= 4 is 27.5 Å². The molecule has 0 aliphatic carbocycles. The summed E-state index contributed by atoms with van der Waals surface area (Å²) in [5, 5.41) is 9.65. The Morgan fingerprint density at radius 1 is 1.50 bits per heavy atom. The van der Waals surface area contributed by atoms with E-state index in [1.165, 1.54) is 4.88 Å². The number of nitrogen functional groups attached to an aromatic ring is 1. The Bertz CT molecular complexity index is 529. The van der Waals surface area contributed by atoms with E-state index in [-0.39, 0.29) is 6.61 Å². The van der Waals surface area contributed by atoms with Gasteiger partial charge in [0.05, 0.1) is 12.0 Å². The zero-order chi connectivity index (χ0) is 13.0. The predicted octanol–water partition coefficient (Wildman–Crippen LogP) is 1.30. The third-order valence-electron chi connectivity index (χ3n) is 2.43. The number of aromatic nitrogens is 2. The topological polar surface area (TPSA) is 93.3 Å². The van der Waals surface area contributed by atoms with Crippen LogP contribution in [0.25, 0.3) is 10.2 Å². The lowest BCUT2D eigenvalue weighted by molar-refractivity contribution is 0.231. The lowest BCUT2D eigenvalue weighted by Crippen LogP contribution is -2.11. The van der Waals surface area contributed by atoms with Gasteiger partial charge in [0.2, 0.25) is 11.8 Å². The molecule has 0 aliphatic heterocycles. The summed E-state index contributed by atoms with van der Waals surface area (Å²) in [4.78, 5) is 10.6. The molecule has 0 radical (unpaired) electrons. The number of hydrogen-bond acceptors (Lipinski definition) is 7. The van der Waals surface area contributed by atoms with E-state index in [9.17, 15) is 0 Å². The van der Waals surface area contributed by atoms with Crippen molar-refractivity contribution in [1.82, 2.24) is 9.97 Å². The molecule has 2 aromatic rings. The summed E-state index contributed by atoms with van der Waals surface area (Å²) in [7, 11) is 0. The second-order valence-corrected chi connectivity index (χ2v) is 4.82. The van der Waals surface area contributed by atoms with E-state index in [4.69, 9.17) is 15.7 Å². The first-order chi connectivity index (χ1) is 8.78. The van der Waals surface area contributed by atoms with Crippen LogP contribution >= 0.6 is 11.3 Å². The van der Waals surface area contributed by atoms with Crippen molar-refractivity contribution in [2.75, 3.05) is 18.6 Å². The number of nitrogens with one attached hydrogen (secondary N) is 1. The van der Waals surface area contributed by atoms with Crippen LogP contribution in [0.2, 0.25) is 0 Å². The lowest BCUT2D eigenvalue weighted by atomic mass is 10.3. The molecular weight excluding hydrogens is 252 g/mol. The summed E-state index contributed by atoms with van der Waals surface area (Å²) in [6, 6.07) is 2.04. The van der Waals surface area contributed by atoms with Crippen molar-refractivity contribution in [2.24, 2.45) is 5.84 Å². The molecule has 0 atom stereocenters. The molecule has 2 heterocycles. The Morgan fingerprint density at radius 3 is 3.00 bits per heavy atom. The number of rotatable bonds is 6. The molecule has 98 valence electrons. The monoisotopic (exact) mass is 268 g/mol. The zero-order valence-corrected chi connectivity index (χ0v) is 11.0. The first kappa shape index (κ1) is 13.0. The largest absolute Gasteiger partial charge is 0.477 e. The minimum absolute atomic E-state index is 0.0973.